The van der Waals surface area contributed by atoms with Gasteiger partial charge in [-0.2, -0.15) is 0 Å². The largest absolute Gasteiger partial charge is 0.492 e. The molecule has 0 aromatic carbocycles. The van der Waals surface area contributed by atoms with Crippen LogP contribution in [0.25, 0.3) is 0 Å². The second-order valence-corrected chi connectivity index (χ2v) is 5.29. The molecule has 1 aromatic heterocycles. The smallest absolute Gasteiger partial charge is 0.220 e. The Morgan fingerprint density at radius 1 is 1.50 bits per heavy atom. The highest BCUT2D eigenvalue weighted by Gasteiger charge is 2.17. The van der Waals surface area contributed by atoms with Gasteiger partial charge in [0.2, 0.25) is 5.91 Å². The van der Waals surface area contributed by atoms with E-state index in [1.165, 1.54) is 0 Å². The summed E-state index contributed by atoms with van der Waals surface area (Å²) >= 11 is 0. The zero-order chi connectivity index (χ0) is 14.2. The highest BCUT2D eigenvalue weighted by atomic mass is 16.5. The Bertz CT molecular complexity index is 403. The quantitative estimate of drug-likeness (QED) is 0.800. The molecule has 5 nitrogen and oxygen atoms in total. The lowest BCUT2D eigenvalue weighted by Gasteiger charge is -2.29. The third-order valence-electron chi connectivity index (χ3n) is 3.53. The number of carbonyl (C=O) groups is 1. The molecule has 2 rings (SSSR count). The molecule has 1 amide bonds. The molecule has 0 unspecified atom stereocenters. The van der Waals surface area contributed by atoms with E-state index in [1.807, 2.05) is 12.1 Å². The number of amides is 1. The van der Waals surface area contributed by atoms with Crippen LogP contribution in [0, 0.1) is 0 Å². The van der Waals surface area contributed by atoms with E-state index in [0.29, 0.717) is 19.1 Å². The fourth-order valence-electron chi connectivity index (χ4n) is 2.31. The highest BCUT2D eigenvalue weighted by molar-refractivity contribution is 5.76. The van der Waals surface area contributed by atoms with Gasteiger partial charge in [0.25, 0.3) is 0 Å². The van der Waals surface area contributed by atoms with Crippen LogP contribution in [0.15, 0.2) is 24.5 Å². The Labute approximate surface area is 120 Å². The molecular formula is C15H23N3O2. The van der Waals surface area contributed by atoms with Gasteiger partial charge in [-0.15, -0.1) is 0 Å². The summed E-state index contributed by atoms with van der Waals surface area (Å²) in [5.41, 5.74) is 0. The zero-order valence-electron chi connectivity index (χ0n) is 12.0. The number of rotatable bonds is 6. The molecule has 110 valence electrons. The van der Waals surface area contributed by atoms with Crippen LogP contribution in [-0.2, 0) is 4.79 Å². The van der Waals surface area contributed by atoms with Gasteiger partial charge < -0.3 is 15.0 Å². The van der Waals surface area contributed by atoms with E-state index in [2.05, 4.69) is 22.2 Å². The minimum absolute atomic E-state index is 0.134. The van der Waals surface area contributed by atoms with Crippen molar-refractivity contribution in [2.24, 2.45) is 0 Å². The number of hydrogen-bond donors (Lipinski definition) is 1. The predicted octanol–water partition coefficient (Wildman–Crippen LogP) is 1.45. The first-order valence-corrected chi connectivity index (χ1v) is 7.25. The van der Waals surface area contributed by atoms with Crippen LogP contribution in [0.2, 0.25) is 0 Å². The Kier molecular flexibility index (Phi) is 5.80. The summed E-state index contributed by atoms with van der Waals surface area (Å²) in [5, 5.41) is 3.10. The Hall–Kier alpha value is -1.62. The van der Waals surface area contributed by atoms with Crippen molar-refractivity contribution in [2.45, 2.75) is 31.7 Å². The number of nitrogens with one attached hydrogen (secondary N) is 1. The lowest BCUT2D eigenvalue weighted by molar-refractivity contribution is -0.122. The Morgan fingerprint density at radius 3 is 3.00 bits per heavy atom. The van der Waals surface area contributed by atoms with Crippen LogP contribution < -0.4 is 10.1 Å². The molecule has 1 saturated heterocycles. The molecule has 0 radical (unpaired) electrons. The number of hydrogen-bond acceptors (Lipinski definition) is 4. The van der Waals surface area contributed by atoms with E-state index in [4.69, 9.17) is 4.74 Å². The van der Waals surface area contributed by atoms with Crippen molar-refractivity contribution in [1.29, 1.82) is 0 Å². The van der Waals surface area contributed by atoms with Crippen LogP contribution in [0.3, 0.4) is 0 Å². The number of pyridine rings is 1. The molecule has 5 heteroatoms. The molecule has 0 atom stereocenters. The molecule has 1 aliphatic heterocycles. The van der Waals surface area contributed by atoms with Crippen molar-refractivity contribution in [3.63, 3.8) is 0 Å². The second-order valence-electron chi connectivity index (χ2n) is 5.29. The Balaban J connectivity index is 1.56. The molecule has 20 heavy (non-hydrogen) atoms. The van der Waals surface area contributed by atoms with Gasteiger partial charge in [-0.25, -0.2) is 0 Å². The van der Waals surface area contributed by atoms with Gasteiger partial charge in [-0.3, -0.25) is 9.78 Å². The first-order valence-electron chi connectivity index (χ1n) is 7.25. The van der Waals surface area contributed by atoms with Crippen molar-refractivity contribution in [1.82, 2.24) is 15.2 Å². The van der Waals surface area contributed by atoms with E-state index in [9.17, 15) is 4.79 Å². The van der Waals surface area contributed by atoms with Crippen molar-refractivity contribution < 1.29 is 9.53 Å². The van der Waals surface area contributed by atoms with Gasteiger partial charge in [0.05, 0.1) is 12.8 Å². The summed E-state index contributed by atoms with van der Waals surface area (Å²) in [6.45, 7) is 2.68. The number of piperidine rings is 1. The van der Waals surface area contributed by atoms with Gasteiger partial charge in [-0.1, -0.05) is 0 Å². The first kappa shape index (κ1) is 14.8. The minimum Gasteiger partial charge on any atom is -0.492 e. The lowest BCUT2D eigenvalue weighted by Crippen LogP contribution is -2.43. The molecule has 2 heterocycles. The van der Waals surface area contributed by atoms with Gasteiger partial charge >= 0.3 is 0 Å². The minimum atomic E-state index is 0.134. The summed E-state index contributed by atoms with van der Waals surface area (Å²) in [6.07, 6.45) is 6.74. The van der Waals surface area contributed by atoms with Crippen LogP contribution in [0.1, 0.15) is 25.7 Å². The van der Waals surface area contributed by atoms with Crippen molar-refractivity contribution in [3.8, 4) is 5.75 Å². The maximum atomic E-state index is 11.8. The highest BCUT2D eigenvalue weighted by Crippen LogP contribution is 2.09. The van der Waals surface area contributed by atoms with Crippen molar-refractivity contribution in [2.75, 3.05) is 26.7 Å². The van der Waals surface area contributed by atoms with E-state index >= 15 is 0 Å². The summed E-state index contributed by atoms with van der Waals surface area (Å²) in [4.78, 5) is 18.1. The second kappa shape index (κ2) is 7.85. The summed E-state index contributed by atoms with van der Waals surface area (Å²) < 4.78 is 5.51. The molecule has 0 spiro atoms. The van der Waals surface area contributed by atoms with Crippen LogP contribution in [0.5, 0.6) is 5.75 Å². The molecule has 0 saturated carbocycles. The first-order chi connectivity index (χ1) is 9.74. The number of carbonyl (C=O) groups excluding carboxylic acids is 1. The van der Waals surface area contributed by atoms with Gasteiger partial charge in [-0.05, 0) is 51.5 Å². The standard InChI is InChI=1S/C15H23N3O2/c1-18-9-6-13(7-10-18)17-15(19)5-3-11-20-14-4-2-8-16-12-14/h2,4,8,12-13H,3,5-7,9-11H2,1H3,(H,17,19). The zero-order valence-corrected chi connectivity index (χ0v) is 12.0. The van der Waals surface area contributed by atoms with E-state index < -0.39 is 0 Å². The molecule has 1 aromatic rings. The maximum absolute atomic E-state index is 11.8. The fraction of sp³-hybridized carbons (Fsp3) is 0.600. The van der Waals surface area contributed by atoms with Crippen LogP contribution in [0.4, 0.5) is 0 Å². The SMILES string of the molecule is CN1CCC(NC(=O)CCCOc2cccnc2)CC1. The van der Waals surface area contributed by atoms with E-state index in [0.717, 1.165) is 38.1 Å². The third-order valence-corrected chi connectivity index (χ3v) is 3.53. The number of likely N-dealkylation sites (tertiary alicyclic amines) is 1. The Morgan fingerprint density at radius 2 is 2.30 bits per heavy atom. The van der Waals surface area contributed by atoms with Crippen molar-refractivity contribution in [3.05, 3.63) is 24.5 Å². The molecule has 1 N–H and O–H groups in total. The van der Waals surface area contributed by atoms with Crippen LogP contribution in [-0.4, -0.2) is 48.6 Å². The van der Waals surface area contributed by atoms with Gasteiger partial charge in [0, 0.05) is 18.7 Å². The number of nitrogens with zero attached hydrogens (tertiary/aromatic N) is 2. The average Bonchev–Trinajstić information content (AvgIpc) is 2.47. The van der Waals surface area contributed by atoms with Crippen molar-refractivity contribution >= 4 is 5.91 Å². The third kappa shape index (κ3) is 5.17. The topological polar surface area (TPSA) is 54.5 Å². The van der Waals surface area contributed by atoms with Crippen LogP contribution >= 0.6 is 0 Å². The monoisotopic (exact) mass is 277 g/mol. The summed E-state index contributed by atoms with van der Waals surface area (Å²) in [6, 6.07) is 4.05. The van der Waals surface area contributed by atoms with Gasteiger partial charge in [0.1, 0.15) is 5.75 Å². The normalized spacial score (nSPS) is 16.9. The van der Waals surface area contributed by atoms with Gasteiger partial charge in [0.15, 0.2) is 0 Å². The molecule has 0 aliphatic carbocycles. The summed E-state index contributed by atoms with van der Waals surface area (Å²) in [5.74, 6) is 0.887. The fourth-order valence-corrected chi connectivity index (χ4v) is 2.31. The van der Waals surface area contributed by atoms with E-state index in [1.54, 1.807) is 12.4 Å². The predicted molar refractivity (Wildman–Crippen MR) is 77.6 cm³/mol. The molecule has 1 aliphatic rings. The number of aromatic nitrogens is 1. The average molecular weight is 277 g/mol. The lowest BCUT2D eigenvalue weighted by atomic mass is 10.1. The molecule has 1 fully saturated rings. The molecular weight excluding hydrogens is 254 g/mol. The molecule has 0 bridgehead atoms. The number of ether oxygens (including phenoxy) is 1. The maximum Gasteiger partial charge on any atom is 0.220 e. The van der Waals surface area contributed by atoms with E-state index in [-0.39, 0.29) is 5.91 Å². The summed E-state index contributed by atoms with van der Waals surface area (Å²) in [7, 11) is 2.12.